The molecule has 1 heterocycles. The van der Waals surface area contributed by atoms with Crippen LogP contribution in [0.15, 0.2) is 36.2 Å². The van der Waals surface area contributed by atoms with Crippen LogP contribution in [0, 0.1) is 0 Å². The highest BCUT2D eigenvalue weighted by Crippen LogP contribution is 2.37. The van der Waals surface area contributed by atoms with E-state index in [0.717, 1.165) is 24.8 Å². The van der Waals surface area contributed by atoms with Crippen LogP contribution in [-0.4, -0.2) is 16.1 Å². The van der Waals surface area contributed by atoms with E-state index in [0.29, 0.717) is 5.92 Å². The molecule has 0 spiro atoms. The van der Waals surface area contributed by atoms with Crippen molar-refractivity contribution in [3.05, 3.63) is 41.7 Å². The van der Waals surface area contributed by atoms with Gasteiger partial charge in [0.25, 0.3) is 0 Å². The molecule has 1 aliphatic rings. The van der Waals surface area contributed by atoms with Crippen molar-refractivity contribution in [1.82, 2.24) is 4.98 Å². The van der Waals surface area contributed by atoms with Crippen LogP contribution in [0.2, 0.25) is 0 Å². The zero-order chi connectivity index (χ0) is 10.7. The van der Waals surface area contributed by atoms with Crippen molar-refractivity contribution >= 4 is 5.97 Å². The molecule has 0 aliphatic heterocycles. The molecule has 1 fully saturated rings. The lowest BCUT2D eigenvalue weighted by molar-refractivity contribution is -0.131. The molecule has 2 rings (SSSR count). The van der Waals surface area contributed by atoms with E-state index >= 15 is 0 Å². The Labute approximate surface area is 88.5 Å². The summed E-state index contributed by atoms with van der Waals surface area (Å²) in [4.78, 5) is 14.6. The molecule has 0 aromatic carbocycles. The molecular formula is C12H13NO2. The van der Waals surface area contributed by atoms with E-state index in [1.807, 2.05) is 12.3 Å². The van der Waals surface area contributed by atoms with Crippen LogP contribution in [-0.2, 0) is 4.79 Å². The van der Waals surface area contributed by atoms with Gasteiger partial charge in [0, 0.05) is 18.5 Å². The van der Waals surface area contributed by atoms with Gasteiger partial charge in [-0.05, 0) is 36.8 Å². The van der Waals surface area contributed by atoms with Gasteiger partial charge >= 0.3 is 5.97 Å². The lowest BCUT2D eigenvalue weighted by Gasteiger charge is -2.06. The van der Waals surface area contributed by atoms with Gasteiger partial charge in [0.1, 0.15) is 0 Å². The van der Waals surface area contributed by atoms with Gasteiger partial charge in [0.05, 0.1) is 0 Å². The molecule has 1 N–H and O–H groups in total. The topological polar surface area (TPSA) is 50.2 Å². The molecule has 1 aromatic heterocycles. The van der Waals surface area contributed by atoms with E-state index < -0.39 is 5.97 Å². The number of carboxylic acid groups (broad SMARTS) is 1. The smallest absolute Gasteiger partial charge is 0.328 e. The van der Waals surface area contributed by atoms with Crippen LogP contribution in [0.25, 0.3) is 0 Å². The minimum atomic E-state index is -0.836. The molecule has 1 aliphatic carbocycles. The van der Waals surface area contributed by atoms with Crippen molar-refractivity contribution in [3.63, 3.8) is 0 Å². The lowest BCUT2D eigenvalue weighted by atomic mass is 9.99. The Bertz CT molecular complexity index is 384. The SMILES string of the molecule is O=C(O)/C=C1\CCC(c2cccnc2)C1. The second-order valence-electron chi connectivity index (χ2n) is 3.87. The minimum Gasteiger partial charge on any atom is -0.478 e. The van der Waals surface area contributed by atoms with Gasteiger partial charge in [-0.15, -0.1) is 0 Å². The van der Waals surface area contributed by atoms with Crippen molar-refractivity contribution in [2.45, 2.75) is 25.2 Å². The van der Waals surface area contributed by atoms with Gasteiger partial charge in [0.15, 0.2) is 0 Å². The fraction of sp³-hybridized carbons (Fsp3) is 0.333. The van der Waals surface area contributed by atoms with Crippen LogP contribution in [0.4, 0.5) is 0 Å². The van der Waals surface area contributed by atoms with E-state index in [4.69, 9.17) is 5.11 Å². The second-order valence-corrected chi connectivity index (χ2v) is 3.87. The number of pyridine rings is 1. The maximum absolute atomic E-state index is 10.5. The average molecular weight is 203 g/mol. The van der Waals surface area contributed by atoms with E-state index in [1.54, 1.807) is 6.20 Å². The molecule has 78 valence electrons. The highest BCUT2D eigenvalue weighted by molar-refractivity contribution is 5.80. The number of allylic oxidation sites excluding steroid dienone is 1. The normalized spacial score (nSPS) is 23.2. The Morgan fingerprint density at radius 1 is 1.60 bits per heavy atom. The molecule has 1 atom stereocenters. The molecule has 1 aromatic rings. The van der Waals surface area contributed by atoms with Crippen LogP contribution in [0.3, 0.4) is 0 Å². The molecule has 3 nitrogen and oxygen atoms in total. The molecule has 1 unspecified atom stereocenters. The number of carboxylic acids is 1. The third kappa shape index (κ3) is 2.43. The van der Waals surface area contributed by atoms with Gasteiger partial charge in [-0.1, -0.05) is 11.6 Å². The predicted octanol–water partition coefficient (Wildman–Crippen LogP) is 2.36. The quantitative estimate of drug-likeness (QED) is 0.750. The zero-order valence-electron chi connectivity index (χ0n) is 8.39. The highest BCUT2D eigenvalue weighted by Gasteiger charge is 2.21. The average Bonchev–Trinajstić information content (AvgIpc) is 2.67. The van der Waals surface area contributed by atoms with Gasteiger partial charge in [-0.2, -0.15) is 0 Å². The first kappa shape index (κ1) is 9.90. The molecule has 0 saturated heterocycles. The van der Waals surface area contributed by atoms with Crippen molar-refractivity contribution < 1.29 is 9.90 Å². The van der Waals surface area contributed by atoms with Crippen LogP contribution in [0.1, 0.15) is 30.7 Å². The van der Waals surface area contributed by atoms with E-state index in [2.05, 4.69) is 11.1 Å². The standard InChI is InChI=1S/C12H13NO2/c14-12(15)7-9-3-4-10(6-9)11-2-1-5-13-8-11/h1-2,5,7-8,10H,3-4,6H2,(H,14,15)/b9-7+. The molecule has 0 amide bonds. The number of carbonyl (C=O) groups is 1. The van der Waals surface area contributed by atoms with Crippen LogP contribution >= 0.6 is 0 Å². The third-order valence-corrected chi connectivity index (χ3v) is 2.81. The first-order valence-electron chi connectivity index (χ1n) is 5.08. The van der Waals surface area contributed by atoms with E-state index in [9.17, 15) is 4.79 Å². The number of hydrogen-bond donors (Lipinski definition) is 1. The highest BCUT2D eigenvalue weighted by atomic mass is 16.4. The number of nitrogens with zero attached hydrogens (tertiary/aromatic N) is 1. The van der Waals surface area contributed by atoms with Gasteiger partial charge in [-0.25, -0.2) is 4.79 Å². The zero-order valence-corrected chi connectivity index (χ0v) is 8.39. The molecule has 1 saturated carbocycles. The fourth-order valence-electron chi connectivity index (χ4n) is 2.09. The summed E-state index contributed by atoms with van der Waals surface area (Å²) in [6.07, 6.45) is 7.76. The maximum Gasteiger partial charge on any atom is 0.328 e. The molecule has 3 heteroatoms. The Morgan fingerprint density at radius 2 is 2.47 bits per heavy atom. The monoisotopic (exact) mass is 203 g/mol. The summed E-state index contributed by atoms with van der Waals surface area (Å²) in [6.45, 7) is 0. The summed E-state index contributed by atoms with van der Waals surface area (Å²) < 4.78 is 0. The number of hydrogen-bond acceptors (Lipinski definition) is 2. The first-order chi connectivity index (χ1) is 7.25. The van der Waals surface area contributed by atoms with Crippen LogP contribution < -0.4 is 0 Å². The van der Waals surface area contributed by atoms with Gasteiger partial charge < -0.3 is 5.11 Å². The summed E-state index contributed by atoms with van der Waals surface area (Å²) in [5, 5.41) is 8.64. The van der Waals surface area contributed by atoms with Gasteiger partial charge in [0.2, 0.25) is 0 Å². The lowest BCUT2D eigenvalue weighted by Crippen LogP contribution is -1.93. The van der Waals surface area contributed by atoms with Crippen molar-refractivity contribution in [3.8, 4) is 0 Å². The Morgan fingerprint density at radius 3 is 3.13 bits per heavy atom. The summed E-state index contributed by atoms with van der Waals surface area (Å²) in [5.41, 5.74) is 2.25. The summed E-state index contributed by atoms with van der Waals surface area (Å²) in [5.74, 6) is -0.388. The molecule has 0 radical (unpaired) electrons. The maximum atomic E-state index is 10.5. The van der Waals surface area contributed by atoms with E-state index in [-0.39, 0.29) is 0 Å². The summed E-state index contributed by atoms with van der Waals surface area (Å²) in [6, 6.07) is 3.98. The fourth-order valence-corrected chi connectivity index (χ4v) is 2.09. The van der Waals surface area contributed by atoms with Crippen molar-refractivity contribution in [2.24, 2.45) is 0 Å². The van der Waals surface area contributed by atoms with Crippen molar-refractivity contribution in [2.75, 3.05) is 0 Å². The Hall–Kier alpha value is -1.64. The molecular weight excluding hydrogens is 190 g/mol. The Kier molecular flexibility index (Phi) is 2.81. The summed E-state index contributed by atoms with van der Waals surface area (Å²) in [7, 11) is 0. The number of aromatic nitrogens is 1. The summed E-state index contributed by atoms with van der Waals surface area (Å²) >= 11 is 0. The largest absolute Gasteiger partial charge is 0.478 e. The second kappa shape index (κ2) is 4.26. The number of aliphatic carboxylic acids is 1. The van der Waals surface area contributed by atoms with E-state index in [1.165, 1.54) is 11.6 Å². The first-order valence-corrected chi connectivity index (χ1v) is 5.08. The predicted molar refractivity (Wildman–Crippen MR) is 56.5 cm³/mol. The van der Waals surface area contributed by atoms with Crippen molar-refractivity contribution in [1.29, 1.82) is 0 Å². The third-order valence-electron chi connectivity index (χ3n) is 2.81. The molecule has 15 heavy (non-hydrogen) atoms. The molecule has 0 bridgehead atoms. The van der Waals surface area contributed by atoms with Gasteiger partial charge in [-0.3, -0.25) is 4.98 Å². The Balaban J connectivity index is 2.08. The van der Waals surface area contributed by atoms with Crippen LogP contribution in [0.5, 0.6) is 0 Å². The number of rotatable bonds is 2. The minimum absolute atomic E-state index is 0.448.